The van der Waals surface area contributed by atoms with Gasteiger partial charge in [0.15, 0.2) is 17.0 Å². The number of rotatable bonds is 29. The van der Waals surface area contributed by atoms with Crippen molar-refractivity contribution in [2.24, 2.45) is 0 Å². The molecule has 372 valence electrons. The quantitative estimate of drug-likeness (QED) is 0.0347. The Labute approximate surface area is 389 Å². The smallest absolute Gasteiger partial charge is 0.326 e. The Hall–Kier alpha value is -8.79. The number of carboxylic acid groups (broad SMARTS) is 6. The predicted molar refractivity (Wildman–Crippen MR) is 233 cm³/mol. The lowest BCUT2D eigenvalue weighted by Crippen LogP contribution is -2.46. The summed E-state index contributed by atoms with van der Waals surface area (Å²) in [5.41, 5.74) is 13.2. The van der Waals surface area contributed by atoms with Crippen molar-refractivity contribution in [3.8, 4) is 0 Å². The molecule has 1 aromatic carbocycles. The van der Waals surface area contributed by atoms with E-state index in [1.54, 1.807) is 24.1 Å². The van der Waals surface area contributed by atoms with Crippen LogP contribution < -0.4 is 43.0 Å². The summed E-state index contributed by atoms with van der Waals surface area (Å²) in [7, 11) is 1.74. The highest BCUT2D eigenvalue weighted by molar-refractivity contribution is 5.97. The lowest BCUT2D eigenvalue weighted by Gasteiger charge is -2.20. The van der Waals surface area contributed by atoms with Crippen LogP contribution in [0.1, 0.15) is 80.3 Å². The highest BCUT2D eigenvalue weighted by Gasteiger charge is 2.28. The minimum Gasteiger partial charge on any atom is -0.481 e. The number of fused-ring (bicyclic) bond motifs is 1. The Morgan fingerprint density at radius 1 is 0.536 bits per heavy atom. The minimum absolute atomic E-state index is 0.0522. The number of aromatic nitrogens is 4. The van der Waals surface area contributed by atoms with Crippen molar-refractivity contribution in [3.05, 3.63) is 41.7 Å². The van der Waals surface area contributed by atoms with E-state index in [0.29, 0.717) is 11.4 Å². The van der Waals surface area contributed by atoms with Crippen molar-refractivity contribution in [1.82, 2.24) is 46.5 Å². The lowest BCUT2D eigenvalue weighted by molar-refractivity contribution is -0.144. The summed E-state index contributed by atoms with van der Waals surface area (Å²) in [6.07, 6.45) is -4.22. The third-order valence-electron chi connectivity index (χ3n) is 9.89. The van der Waals surface area contributed by atoms with Crippen molar-refractivity contribution in [2.45, 2.75) is 101 Å². The highest BCUT2D eigenvalue weighted by Crippen LogP contribution is 2.19. The Kier molecular flexibility index (Phi) is 20.4. The molecule has 29 nitrogen and oxygen atoms in total. The van der Waals surface area contributed by atoms with Gasteiger partial charge in [0.25, 0.3) is 5.91 Å². The number of carbonyl (C=O) groups excluding carboxylic acids is 5. The molecule has 0 aliphatic heterocycles. The van der Waals surface area contributed by atoms with E-state index in [1.165, 1.54) is 18.3 Å². The number of carboxylic acids is 6. The number of nitrogens with two attached hydrogens (primary N) is 2. The van der Waals surface area contributed by atoms with Crippen molar-refractivity contribution in [1.29, 1.82) is 0 Å². The molecule has 5 amide bonds. The van der Waals surface area contributed by atoms with Crippen molar-refractivity contribution in [3.63, 3.8) is 0 Å². The number of nitrogens with zero attached hydrogens (tertiary/aromatic N) is 5. The van der Waals surface area contributed by atoms with Gasteiger partial charge in [0.2, 0.25) is 29.6 Å². The van der Waals surface area contributed by atoms with Gasteiger partial charge in [-0.2, -0.15) is 9.97 Å². The largest absolute Gasteiger partial charge is 0.481 e. The fourth-order valence-corrected chi connectivity index (χ4v) is 6.22. The molecule has 15 N–H and O–H groups in total. The van der Waals surface area contributed by atoms with E-state index in [2.05, 4.69) is 46.5 Å². The second-order valence-electron chi connectivity index (χ2n) is 15.2. The van der Waals surface area contributed by atoms with Gasteiger partial charge in [0.1, 0.15) is 30.2 Å². The Balaban J connectivity index is 1.46. The monoisotopic (exact) mass is 970 g/mol. The summed E-state index contributed by atoms with van der Waals surface area (Å²) in [5, 5.41) is 67.1. The van der Waals surface area contributed by atoms with Crippen LogP contribution in [0.3, 0.4) is 0 Å². The van der Waals surface area contributed by atoms with E-state index in [4.69, 9.17) is 16.6 Å². The van der Waals surface area contributed by atoms with Gasteiger partial charge >= 0.3 is 35.8 Å². The van der Waals surface area contributed by atoms with Gasteiger partial charge in [-0.15, -0.1) is 0 Å². The maximum Gasteiger partial charge on any atom is 0.326 e. The maximum absolute atomic E-state index is 13.0. The molecular weight excluding hydrogens is 921 g/mol. The first-order valence-corrected chi connectivity index (χ1v) is 20.6. The molecule has 2 aromatic heterocycles. The van der Waals surface area contributed by atoms with Gasteiger partial charge in [-0.05, 0) is 56.4 Å². The van der Waals surface area contributed by atoms with Gasteiger partial charge in [-0.25, -0.2) is 33.9 Å². The number of hydrogen-bond donors (Lipinski definition) is 13. The van der Waals surface area contributed by atoms with Crippen LogP contribution in [0.25, 0.3) is 11.2 Å². The van der Waals surface area contributed by atoms with Crippen LogP contribution in [-0.2, 0) is 54.5 Å². The summed E-state index contributed by atoms with van der Waals surface area (Å²) in [6.45, 7) is 0.252. The molecule has 4 unspecified atom stereocenters. The van der Waals surface area contributed by atoms with Gasteiger partial charge in [0.05, 0.1) is 18.4 Å². The second-order valence-corrected chi connectivity index (χ2v) is 15.2. The molecule has 0 aliphatic carbocycles. The molecule has 0 radical (unpaired) electrons. The lowest BCUT2D eigenvalue weighted by atomic mass is 10.1. The molecule has 0 bridgehead atoms. The third-order valence-corrected chi connectivity index (χ3v) is 9.89. The first-order chi connectivity index (χ1) is 32.4. The summed E-state index contributed by atoms with van der Waals surface area (Å²) in [5.74, 6) is -13.9. The van der Waals surface area contributed by atoms with E-state index < -0.39 is 160 Å². The number of anilines is 3. The molecule has 0 saturated carbocycles. The first-order valence-electron chi connectivity index (χ1n) is 20.6. The number of benzene rings is 1. The number of aliphatic carboxylic acids is 6. The van der Waals surface area contributed by atoms with Crippen LogP contribution in [-0.4, -0.2) is 153 Å². The van der Waals surface area contributed by atoms with Crippen LogP contribution >= 0.6 is 0 Å². The van der Waals surface area contributed by atoms with E-state index >= 15 is 0 Å². The molecular formula is C40H50N12O17. The molecule has 3 rings (SSSR count). The fourth-order valence-electron chi connectivity index (χ4n) is 6.22. The average molecular weight is 971 g/mol. The third kappa shape index (κ3) is 18.2. The van der Waals surface area contributed by atoms with Gasteiger partial charge in [-0.3, -0.25) is 28.8 Å². The van der Waals surface area contributed by atoms with Crippen LogP contribution in [0.5, 0.6) is 0 Å². The molecule has 2 heterocycles. The zero-order chi connectivity index (χ0) is 51.5. The zero-order valence-electron chi connectivity index (χ0n) is 36.6. The van der Waals surface area contributed by atoms with E-state index in [-0.39, 0.29) is 35.0 Å². The van der Waals surface area contributed by atoms with E-state index in [1.807, 2.05) is 0 Å². The van der Waals surface area contributed by atoms with Crippen molar-refractivity contribution < 1.29 is 83.4 Å². The van der Waals surface area contributed by atoms with Gasteiger partial charge < -0.3 is 73.6 Å². The molecule has 0 aliphatic rings. The highest BCUT2D eigenvalue weighted by atomic mass is 16.4. The predicted octanol–water partition coefficient (Wildman–Crippen LogP) is -2.33. The normalized spacial score (nSPS) is 13.0. The Morgan fingerprint density at radius 2 is 0.913 bits per heavy atom. The number of nitrogen functional groups attached to an aromatic ring is 2. The number of nitrogens with one attached hydrogen (secondary N) is 5. The van der Waals surface area contributed by atoms with Crippen molar-refractivity contribution in [2.75, 3.05) is 23.4 Å². The Morgan fingerprint density at radius 3 is 1.29 bits per heavy atom. The number of amides is 5. The minimum atomic E-state index is -1.73. The fraction of sp³-hybridized carbons (Fsp3) is 0.425. The summed E-state index contributed by atoms with van der Waals surface area (Å²) < 4.78 is 0. The van der Waals surface area contributed by atoms with Gasteiger partial charge in [-0.1, -0.05) is 0 Å². The summed E-state index contributed by atoms with van der Waals surface area (Å²) in [6, 6.07) is -2.25. The van der Waals surface area contributed by atoms with Crippen LogP contribution in [0, 0.1) is 0 Å². The van der Waals surface area contributed by atoms with Crippen molar-refractivity contribution >= 4 is 94.0 Å². The number of hydrogen-bond acceptors (Lipinski definition) is 18. The van der Waals surface area contributed by atoms with Crippen LogP contribution in [0.2, 0.25) is 0 Å². The molecule has 0 fully saturated rings. The molecule has 69 heavy (non-hydrogen) atoms. The molecule has 3 aromatic rings. The maximum atomic E-state index is 13.0. The van der Waals surface area contributed by atoms with Crippen LogP contribution in [0.4, 0.5) is 17.5 Å². The molecule has 5 atom stereocenters. The van der Waals surface area contributed by atoms with Gasteiger partial charge in [0, 0.05) is 50.4 Å². The summed E-state index contributed by atoms with van der Waals surface area (Å²) in [4.78, 5) is 151. The molecule has 0 saturated heterocycles. The standard InChI is InChI=1S/C40H50N12O17/c1-52(17-19-16-43-33-31(44-19)32(41)50-40(42)51-33)20-4-2-18(3-5-20)34(59)49-25(39(68)69)9-14-29(56)47-23(37(64)65)7-12-27(54)45-21(35(60)61)6-11-26(53)46-22(36(62)63)8-13-28(55)48-24(38(66)67)10-15-30(57)58/h2-5,16,21-25H,6-15,17H2,1H3,(H,45,54)(H,46,53)(H,47,56)(H,48,55)(H,49,59)(H,57,58)(H,60,61)(H,62,63)(H,64,65)(H,66,67)(H,68,69)(H4,41,42,43,50,51)/t21?,22?,23?,24-,25?/m0/s1. The second kappa shape index (κ2) is 25.8. The zero-order valence-corrected chi connectivity index (χ0v) is 36.6. The molecule has 29 heteroatoms. The first kappa shape index (κ1) is 54.5. The molecule has 0 spiro atoms. The van der Waals surface area contributed by atoms with E-state index in [9.17, 15) is 78.3 Å². The topological polar surface area (TPSA) is 476 Å². The average Bonchev–Trinajstić information content (AvgIpc) is 3.27. The summed E-state index contributed by atoms with van der Waals surface area (Å²) >= 11 is 0. The van der Waals surface area contributed by atoms with Crippen LogP contribution in [0.15, 0.2) is 30.5 Å². The SMILES string of the molecule is CN(Cc1cnc2nc(N)nc(N)c2n1)c1ccc(C(=O)NC(CCC(=O)NC(CCC(=O)NC(CCC(=O)NC(CCC(=O)N[C@@H](CCC(=O)O)C(=O)O)C(=O)O)C(=O)O)C(=O)O)C(=O)O)cc1. The van der Waals surface area contributed by atoms with E-state index in [0.717, 1.165) is 0 Å². The number of carbonyl (C=O) groups is 11. The Bertz CT molecular complexity index is 2440.